The van der Waals surface area contributed by atoms with Crippen molar-refractivity contribution in [3.63, 3.8) is 0 Å². The normalized spacial score (nSPS) is 12.0. The molecule has 0 bridgehead atoms. The van der Waals surface area contributed by atoms with Crippen LogP contribution in [0, 0.1) is 0 Å². The molecule has 14 heavy (non-hydrogen) atoms. The lowest BCUT2D eigenvalue weighted by atomic mass is 10.00. The molecule has 1 unspecified atom stereocenters. The van der Waals surface area contributed by atoms with Gasteiger partial charge in [0.2, 0.25) is 0 Å². The molecule has 0 rings (SSSR count). The van der Waals surface area contributed by atoms with Crippen LogP contribution in [0.4, 0.5) is 0 Å². The van der Waals surface area contributed by atoms with Crippen molar-refractivity contribution >= 4 is 12.6 Å². The molecule has 0 aliphatic carbocycles. The molecule has 0 radical (unpaired) electrons. The van der Waals surface area contributed by atoms with Crippen LogP contribution in [-0.4, -0.2) is 4.75 Å². The minimum absolute atomic E-state index is 0.0122. The van der Waals surface area contributed by atoms with Gasteiger partial charge >= 0.3 is 0 Å². The zero-order chi connectivity index (χ0) is 12.2. The fraction of sp³-hybridized carbons (Fsp3) is 0.769. The average molecular weight is 216 g/mol. The molecular weight excluding hydrogens is 188 g/mol. The predicted molar refractivity (Wildman–Crippen MR) is 73.3 cm³/mol. The van der Waals surface area contributed by atoms with E-state index in [-0.39, 0.29) is 4.75 Å². The first-order valence-corrected chi connectivity index (χ1v) is 6.00. The van der Waals surface area contributed by atoms with Gasteiger partial charge in [-0.2, -0.15) is 12.6 Å². The van der Waals surface area contributed by atoms with Gasteiger partial charge in [0, 0.05) is 4.75 Å². The first kappa shape index (κ1) is 19.4. The zero-order valence-corrected chi connectivity index (χ0v) is 12.0. The molecule has 0 nitrogen and oxygen atoms in total. The second-order valence-electron chi connectivity index (χ2n) is 3.14. The molecule has 86 valence electrons. The van der Waals surface area contributed by atoms with E-state index in [0.29, 0.717) is 0 Å². The summed E-state index contributed by atoms with van der Waals surface area (Å²) in [7, 11) is 0. The maximum Gasteiger partial charge on any atom is 0.0378 e. The maximum absolute atomic E-state index is 4.42. The number of hydrogen-bond donors (Lipinski definition) is 1. The van der Waals surface area contributed by atoms with E-state index in [9.17, 15) is 0 Å². The average Bonchev–Trinajstić information content (AvgIpc) is 2.20. The summed E-state index contributed by atoms with van der Waals surface area (Å²) in [6.07, 6.45) is 2.27. The highest BCUT2D eigenvalue weighted by Gasteiger charge is 2.17. The summed E-state index contributed by atoms with van der Waals surface area (Å²) in [5.74, 6) is 0. The van der Waals surface area contributed by atoms with Gasteiger partial charge in [0.25, 0.3) is 0 Å². The third kappa shape index (κ3) is 11.9. The SMILES string of the molecule is C=C=C(C)C(C)(S)CC.CC.CCC. The summed E-state index contributed by atoms with van der Waals surface area (Å²) in [4.78, 5) is 0. The summed E-state index contributed by atoms with van der Waals surface area (Å²) in [5, 5.41) is 0. The minimum Gasteiger partial charge on any atom is -0.168 e. The highest BCUT2D eigenvalue weighted by Crippen LogP contribution is 2.25. The Bertz CT molecular complexity index is 151. The van der Waals surface area contributed by atoms with Gasteiger partial charge in [-0.25, -0.2) is 0 Å². The van der Waals surface area contributed by atoms with Crippen molar-refractivity contribution in [1.82, 2.24) is 0 Å². The molecule has 0 N–H and O–H groups in total. The van der Waals surface area contributed by atoms with Crippen LogP contribution in [-0.2, 0) is 0 Å². The van der Waals surface area contributed by atoms with Crippen molar-refractivity contribution in [2.75, 3.05) is 0 Å². The summed E-state index contributed by atoms with van der Waals surface area (Å²) >= 11 is 4.42. The monoisotopic (exact) mass is 216 g/mol. The summed E-state index contributed by atoms with van der Waals surface area (Å²) < 4.78 is -0.0122. The Morgan fingerprint density at radius 3 is 1.64 bits per heavy atom. The minimum atomic E-state index is -0.0122. The largest absolute Gasteiger partial charge is 0.168 e. The van der Waals surface area contributed by atoms with E-state index in [1.807, 2.05) is 20.8 Å². The highest BCUT2D eigenvalue weighted by molar-refractivity contribution is 7.82. The highest BCUT2D eigenvalue weighted by atomic mass is 32.1. The molecule has 0 aliphatic rings. The van der Waals surface area contributed by atoms with Crippen molar-refractivity contribution in [2.24, 2.45) is 0 Å². The van der Waals surface area contributed by atoms with Crippen molar-refractivity contribution in [3.8, 4) is 0 Å². The third-order valence-corrected chi connectivity index (χ3v) is 2.41. The zero-order valence-electron chi connectivity index (χ0n) is 11.1. The summed E-state index contributed by atoms with van der Waals surface area (Å²) in [6, 6.07) is 0. The van der Waals surface area contributed by atoms with Crippen LogP contribution < -0.4 is 0 Å². The Morgan fingerprint density at radius 2 is 1.57 bits per heavy atom. The molecule has 0 amide bonds. The van der Waals surface area contributed by atoms with Crippen LogP contribution in [0.15, 0.2) is 17.9 Å². The van der Waals surface area contributed by atoms with Crippen LogP contribution in [0.5, 0.6) is 0 Å². The molecule has 0 saturated heterocycles. The summed E-state index contributed by atoms with van der Waals surface area (Å²) in [6.45, 7) is 18.0. The lowest BCUT2D eigenvalue weighted by Gasteiger charge is -2.20. The Labute approximate surface area is 96.9 Å². The second-order valence-corrected chi connectivity index (χ2v) is 4.12. The van der Waals surface area contributed by atoms with Gasteiger partial charge in [-0.05, 0) is 25.8 Å². The maximum atomic E-state index is 4.42. The smallest absolute Gasteiger partial charge is 0.0378 e. The molecule has 0 heterocycles. The molecule has 0 saturated carbocycles. The van der Waals surface area contributed by atoms with Gasteiger partial charge in [-0.15, -0.1) is 5.73 Å². The van der Waals surface area contributed by atoms with Crippen molar-refractivity contribution in [2.45, 2.75) is 66.1 Å². The molecule has 0 aliphatic heterocycles. The number of rotatable bonds is 2. The van der Waals surface area contributed by atoms with Crippen molar-refractivity contribution < 1.29 is 0 Å². The van der Waals surface area contributed by atoms with Crippen LogP contribution in [0.1, 0.15) is 61.3 Å². The fourth-order valence-electron chi connectivity index (χ4n) is 0.456. The Balaban J connectivity index is -0.000000205. The Kier molecular flexibility index (Phi) is 17.9. The van der Waals surface area contributed by atoms with E-state index < -0.39 is 0 Å². The van der Waals surface area contributed by atoms with Crippen molar-refractivity contribution in [1.29, 1.82) is 0 Å². The molecule has 0 aromatic carbocycles. The predicted octanol–water partition coefficient (Wildman–Crippen LogP) is 5.26. The molecule has 0 spiro atoms. The summed E-state index contributed by atoms with van der Waals surface area (Å²) in [5.41, 5.74) is 3.97. The van der Waals surface area contributed by atoms with Gasteiger partial charge in [0.05, 0.1) is 0 Å². The lowest BCUT2D eigenvalue weighted by molar-refractivity contribution is 0.720. The second kappa shape index (κ2) is 12.9. The standard InChI is InChI=1S/C8H14S.C3H8.C2H6/c1-5-7(3)8(4,9)6-2;1-3-2;1-2/h9H,1,6H2,2-4H3;3H2,1-2H3;1-2H3. The number of thiol groups is 1. The van der Waals surface area contributed by atoms with Gasteiger partial charge in [-0.3, -0.25) is 0 Å². The van der Waals surface area contributed by atoms with E-state index in [0.717, 1.165) is 12.0 Å². The van der Waals surface area contributed by atoms with E-state index >= 15 is 0 Å². The van der Waals surface area contributed by atoms with E-state index in [4.69, 9.17) is 0 Å². The number of hydrogen-bond acceptors (Lipinski definition) is 1. The Hall–Kier alpha value is -0.130. The van der Waals surface area contributed by atoms with Crippen molar-refractivity contribution in [3.05, 3.63) is 17.9 Å². The Morgan fingerprint density at radius 1 is 1.29 bits per heavy atom. The van der Waals surface area contributed by atoms with Gasteiger partial charge in [0.15, 0.2) is 0 Å². The van der Waals surface area contributed by atoms with Crippen LogP contribution in [0.3, 0.4) is 0 Å². The van der Waals surface area contributed by atoms with Gasteiger partial charge in [-0.1, -0.05) is 47.6 Å². The quantitative estimate of drug-likeness (QED) is 0.472. The molecule has 0 aromatic heterocycles. The van der Waals surface area contributed by atoms with E-state index in [1.165, 1.54) is 6.42 Å². The van der Waals surface area contributed by atoms with Crippen LogP contribution >= 0.6 is 12.6 Å². The van der Waals surface area contributed by atoms with Gasteiger partial charge < -0.3 is 0 Å². The van der Waals surface area contributed by atoms with E-state index in [2.05, 4.69) is 52.6 Å². The fourth-order valence-corrected chi connectivity index (χ4v) is 0.535. The lowest BCUT2D eigenvalue weighted by Crippen LogP contribution is -2.15. The van der Waals surface area contributed by atoms with Gasteiger partial charge in [0.1, 0.15) is 0 Å². The topological polar surface area (TPSA) is 0 Å². The van der Waals surface area contributed by atoms with Crippen LogP contribution in [0.25, 0.3) is 0 Å². The molecule has 0 fully saturated rings. The molecular formula is C13H28S. The first-order valence-electron chi connectivity index (χ1n) is 5.55. The molecule has 0 aromatic rings. The van der Waals surface area contributed by atoms with Crippen LogP contribution in [0.2, 0.25) is 0 Å². The molecule has 1 heteroatoms. The van der Waals surface area contributed by atoms with E-state index in [1.54, 1.807) is 0 Å². The third-order valence-electron chi connectivity index (χ3n) is 1.76. The first-order chi connectivity index (χ1) is 6.46. The molecule has 1 atom stereocenters.